The van der Waals surface area contributed by atoms with Crippen molar-refractivity contribution in [3.05, 3.63) is 33.7 Å². The number of nitro groups is 1. The van der Waals surface area contributed by atoms with E-state index in [0.29, 0.717) is 6.42 Å². The maximum Gasteiger partial charge on any atom is 0.260 e. The SMILES string of the molecule is CCC(C)(CF)C(=O)NC1=CC#CCC([N+](=O)[O-])=C1. The molecule has 1 aliphatic rings. The monoisotopic (exact) mass is 266 g/mol. The Balaban J connectivity index is 2.91. The largest absolute Gasteiger partial charge is 0.325 e. The molecule has 0 aromatic rings. The molecule has 0 aliphatic heterocycles. The summed E-state index contributed by atoms with van der Waals surface area (Å²) < 4.78 is 12.9. The highest BCUT2D eigenvalue weighted by atomic mass is 19.1. The van der Waals surface area contributed by atoms with Crippen molar-refractivity contribution >= 4 is 5.91 Å². The number of alkyl halides is 1. The minimum atomic E-state index is -1.14. The Bertz CT molecular complexity index is 508. The smallest absolute Gasteiger partial charge is 0.260 e. The molecule has 0 aromatic carbocycles. The quantitative estimate of drug-likeness (QED) is 0.469. The Morgan fingerprint density at radius 2 is 2.37 bits per heavy atom. The summed E-state index contributed by atoms with van der Waals surface area (Å²) >= 11 is 0. The Morgan fingerprint density at radius 1 is 1.68 bits per heavy atom. The van der Waals surface area contributed by atoms with E-state index in [1.165, 1.54) is 19.1 Å². The highest BCUT2D eigenvalue weighted by Crippen LogP contribution is 2.22. The van der Waals surface area contributed by atoms with Crippen LogP contribution in [-0.4, -0.2) is 17.5 Å². The maximum atomic E-state index is 12.9. The maximum absolute atomic E-state index is 12.9. The van der Waals surface area contributed by atoms with Crippen LogP contribution in [0.15, 0.2) is 23.5 Å². The van der Waals surface area contributed by atoms with Gasteiger partial charge in [-0.05, 0) is 13.3 Å². The molecule has 5 nitrogen and oxygen atoms in total. The lowest BCUT2D eigenvalue weighted by atomic mass is 9.88. The molecule has 1 N–H and O–H groups in total. The second-order valence-electron chi connectivity index (χ2n) is 4.49. The lowest BCUT2D eigenvalue weighted by Gasteiger charge is -2.23. The molecule has 0 saturated heterocycles. The fourth-order valence-electron chi connectivity index (χ4n) is 1.33. The Labute approximate surface area is 110 Å². The molecule has 0 saturated carbocycles. The van der Waals surface area contributed by atoms with Crippen molar-refractivity contribution in [2.75, 3.05) is 6.67 Å². The number of halogens is 1. The molecule has 0 fully saturated rings. The Morgan fingerprint density at radius 3 is 2.89 bits per heavy atom. The van der Waals surface area contributed by atoms with Gasteiger partial charge in [-0.3, -0.25) is 14.9 Å². The summed E-state index contributed by atoms with van der Waals surface area (Å²) in [6, 6.07) is 0. The molecule has 1 aliphatic carbocycles. The Hall–Kier alpha value is -2.16. The second-order valence-corrected chi connectivity index (χ2v) is 4.49. The van der Waals surface area contributed by atoms with E-state index >= 15 is 0 Å². The number of hydrogen-bond acceptors (Lipinski definition) is 3. The number of carbonyl (C=O) groups is 1. The van der Waals surface area contributed by atoms with Crippen LogP contribution in [0.2, 0.25) is 0 Å². The first-order valence-corrected chi connectivity index (χ1v) is 5.84. The highest BCUT2D eigenvalue weighted by molar-refractivity contribution is 5.84. The minimum Gasteiger partial charge on any atom is -0.325 e. The van der Waals surface area contributed by atoms with Crippen LogP contribution in [0.25, 0.3) is 0 Å². The molecule has 0 radical (unpaired) electrons. The van der Waals surface area contributed by atoms with E-state index in [0.717, 1.165) is 0 Å². The number of nitrogens with zero attached hydrogens (tertiary/aromatic N) is 1. The van der Waals surface area contributed by atoms with Gasteiger partial charge in [0.15, 0.2) is 0 Å². The number of amides is 1. The van der Waals surface area contributed by atoms with Gasteiger partial charge in [0.1, 0.15) is 13.1 Å². The number of hydrogen-bond donors (Lipinski definition) is 1. The van der Waals surface area contributed by atoms with E-state index in [-0.39, 0.29) is 17.8 Å². The normalized spacial score (nSPS) is 17.0. The van der Waals surface area contributed by atoms with Crippen molar-refractivity contribution < 1.29 is 14.1 Å². The summed E-state index contributed by atoms with van der Waals surface area (Å²) in [7, 11) is 0. The first kappa shape index (κ1) is 14.9. The van der Waals surface area contributed by atoms with Crippen LogP contribution in [0.1, 0.15) is 26.7 Å². The predicted molar refractivity (Wildman–Crippen MR) is 68.1 cm³/mol. The molecule has 102 valence electrons. The van der Waals surface area contributed by atoms with Crippen molar-refractivity contribution in [3.63, 3.8) is 0 Å². The molecule has 0 heterocycles. The first-order valence-electron chi connectivity index (χ1n) is 5.84. The molecule has 19 heavy (non-hydrogen) atoms. The average Bonchev–Trinajstić information content (AvgIpc) is 2.63. The minimum absolute atomic E-state index is 0.0109. The van der Waals surface area contributed by atoms with Crippen molar-refractivity contribution in [3.8, 4) is 11.8 Å². The fourth-order valence-corrected chi connectivity index (χ4v) is 1.33. The van der Waals surface area contributed by atoms with Crippen LogP contribution in [0.4, 0.5) is 4.39 Å². The van der Waals surface area contributed by atoms with E-state index < -0.39 is 22.9 Å². The molecule has 1 rings (SSSR count). The van der Waals surface area contributed by atoms with Crippen LogP contribution < -0.4 is 5.32 Å². The predicted octanol–water partition coefficient (Wildman–Crippen LogP) is 1.94. The molecule has 1 atom stereocenters. The lowest BCUT2D eigenvalue weighted by molar-refractivity contribution is -0.426. The van der Waals surface area contributed by atoms with Crippen molar-refractivity contribution in [1.82, 2.24) is 5.32 Å². The van der Waals surface area contributed by atoms with E-state index in [2.05, 4.69) is 17.2 Å². The van der Waals surface area contributed by atoms with Gasteiger partial charge in [-0.15, -0.1) is 0 Å². The van der Waals surface area contributed by atoms with Crippen molar-refractivity contribution in [2.24, 2.45) is 5.41 Å². The van der Waals surface area contributed by atoms with Crippen molar-refractivity contribution in [2.45, 2.75) is 26.7 Å². The van der Waals surface area contributed by atoms with Gasteiger partial charge in [-0.1, -0.05) is 18.8 Å². The molecular formula is C13H15FN2O3. The second kappa shape index (κ2) is 6.14. The van der Waals surface area contributed by atoms with Crippen LogP contribution in [0.5, 0.6) is 0 Å². The zero-order valence-electron chi connectivity index (χ0n) is 10.8. The summed E-state index contributed by atoms with van der Waals surface area (Å²) in [5.74, 6) is 4.68. The van der Waals surface area contributed by atoms with Gasteiger partial charge in [0.05, 0.1) is 16.0 Å². The van der Waals surface area contributed by atoms with Crippen LogP contribution >= 0.6 is 0 Å². The number of rotatable bonds is 5. The van der Waals surface area contributed by atoms with Gasteiger partial charge in [0, 0.05) is 12.2 Å². The zero-order valence-corrected chi connectivity index (χ0v) is 10.8. The van der Waals surface area contributed by atoms with Gasteiger partial charge in [-0.25, -0.2) is 4.39 Å². The number of carbonyl (C=O) groups excluding carboxylic acids is 1. The number of allylic oxidation sites excluding steroid dienone is 3. The van der Waals surface area contributed by atoms with E-state index in [4.69, 9.17) is 0 Å². The van der Waals surface area contributed by atoms with E-state index in [1.54, 1.807) is 6.92 Å². The summed E-state index contributed by atoms with van der Waals surface area (Å²) in [5.41, 5.74) is -1.02. The third-order valence-electron chi connectivity index (χ3n) is 3.04. The summed E-state index contributed by atoms with van der Waals surface area (Å²) in [4.78, 5) is 22.1. The first-order chi connectivity index (χ1) is 8.92. The van der Waals surface area contributed by atoms with E-state index in [1.807, 2.05) is 0 Å². The molecule has 1 amide bonds. The lowest BCUT2D eigenvalue weighted by Crippen LogP contribution is -2.39. The fraction of sp³-hybridized carbons (Fsp3) is 0.462. The molecular weight excluding hydrogens is 251 g/mol. The van der Waals surface area contributed by atoms with Crippen LogP contribution in [0, 0.1) is 27.4 Å². The molecule has 0 spiro atoms. The van der Waals surface area contributed by atoms with Gasteiger partial charge in [0.25, 0.3) is 5.70 Å². The molecule has 0 bridgehead atoms. The molecule has 6 heteroatoms. The number of nitrogens with one attached hydrogen (secondary N) is 1. The summed E-state index contributed by atoms with van der Waals surface area (Å²) in [6.07, 6.45) is 2.96. The standard InChI is InChI=1S/C13H15FN2O3/c1-3-13(2,9-14)12(17)15-10-6-4-5-7-11(8-10)16(18)19/h6,8H,3,7,9H2,1-2H3,(H,15,17). The summed E-state index contributed by atoms with van der Waals surface area (Å²) in [6.45, 7) is 2.42. The van der Waals surface area contributed by atoms with Gasteiger partial charge < -0.3 is 5.32 Å². The van der Waals surface area contributed by atoms with Crippen LogP contribution in [0.3, 0.4) is 0 Å². The third-order valence-corrected chi connectivity index (χ3v) is 3.04. The van der Waals surface area contributed by atoms with Gasteiger partial charge >= 0.3 is 0 Å². The highest BCUT2D eigenvalue weighted by Gasteiger charge is 2.31. The zero-order chi connectivity index (χ0) is 14.5. The van der Waals surface area contributed by atoms with Gasteiger partial charge in [-0.2, -0.15) is 0 Å². The van der Waals surface area contributed by atoms with Crippen LogP contribution in [-0.2, 0) is 4.79 Å². The Kier molecular flexibility index (Phi) is 4.81. The van der Waals surface area contributed by atoms with E-state index in [9.17, 15) is 19.3 Å². The van der Waals surface area contributed by atoms with Gasteiger partial charge in [0.2, 0.25) is 5.91 Å². The topological polar surface area (TPSA) is 72.2 Å². The van der Waals surface area contributed by atoms with Crippen molar-refractivity contribution in [1.29, 1.82) is 0 Å². The molecule has 0 aromatic heterocycles. The summed E-state index contributed by atoms with van der Waals surface area (Å²) in [5, 5.41) is 13.2. The molecule has 1 unspecified atom stereocenters. The third kappa shape index (κ3) is 3.65. The average molecular weight is 266 g/mol.